The Hall–Kier alpha value is -0.0800. The molecule has 0 amide bonds. The number of hydrogen-bond donors (Lipinski definition) is 0. The zero-order chi connectivity index (χ0) is 12.3. The van der Waals surface area contributed by atoms with Crippen molar-refractivity contribution >= 4 is 0 Å². The van der Waals surface area contributed by atoms with Gasteiger partial charge in [0.15, 0.2) is 0 Å². The highest BCUT2D eigenvalue weighted by Crippen LogP contribution is 2.25. The topological polar surface area (TPSA) is 6.48 Å². The van der Waals surface area contributed by atoms with Crippen molar-refractivity contribution in [3.05, 3.63) is 0 Å². The molecule has 1 fully saturated rings. The third-order valence-electron chi connectivity index (χ3n) is 4.19. The summed E-state index contributed by atoms with van der Waals surface area (Å²) >= 11 is 0. The van der Waals surface area contributed by atoms with E-state index in [1.54, 1.807) is 0 Å². The Morgan fingerprint density at radius 3 is 2.38 bits per heavy atom. The molecule has 0 aromatic carbocycles. The van der Waals surface area contributed by atoms with Gasteiger partial charge < -0.3 is 4.90 Å². The number of rotatable bonds is 3. The largest absolute Gasteiger partial charge is 0.302 e. The molecule has 2 nitrogen and oxygen atoms in total. The summed E-state index contributed by atoms with van der Waals surface area (Å²) in [4.78, 5) is 5.20. The predicted molar refractivity (Wildman–Crippen MR) is 71.8 cm³/mol. The quantitative estimate of drug-likeness (QED) is 0.730. The van der Waals surface area contributed by atoms with E-state index in [0.717, 1.165) is 24.5 Å². The smallest absolute Gasteiger partial charge is 0.0222 e. The maximum atomic E-state index is 2.68. The molecular weight excluding hydrogens is 196 g/mol. The molecule has 3 unspecified atom stereocenters. The van der Waals surface area contributed by atoms with Gasteiger partial charge in [0.1, 0.15) is 0 Å². The van der Waals surface area contributed by atoms with Gasteiger partial charge in [0.05, 0.1) is 0 Å². The fraction of sp³-hybridized carbons (Fsp3) is 1.00. The fourth-order valence-electron chi connectivity index (χ4n) is 3.07. The van der Waals surface area contributed by atoms with Crippen LogP contribution in [0.1, 0.15) is 47.5 Å². The van der Waals surface area contributed by atoms with Gasteiger partial charge in [-0.3, -0.25) is 4.90 Å². The second-order valence-corrected chi connectivity index (χ2v) is 5.94. The lowest BCUT2D eigenvalue weighted by atomic mass is 9.97. The van der Waals surface area contributed by atoms with E-state index < -0.39 is 0 Å². The van der Waals surface area contributed by atoms with E-state index >= 15 is 0 Å². The summed E-state index contributed by atoms with van der Waals surface area (Å²) in [6, 6.07) is 2.16. The Balaban J connectivity index is 2.73. The van der Waals surface area contributed by atoms with Gasteiger partial charge in [-0.2, -0.15) is 0 Å². The highest BCUT2D eigenvalue weighted by molar-refractivity contribution is 4.85. The highest BCUT2D eigenvalue weighted by atomic mass is 15.2. The van der Waals surface area contributed by atoms with E-state index in [4.69, 9.17) is 0 Å². The zero-order valence-corrected chi connectivity index (χ0v) is 12.0. The molecule has 1 heterocycles. The molecule has 96 valence electrons. The third-order valence-corrected chi connectivity index (χ3v) is 4.19. The van der Waals surface area contributed by atoms with Gasteiger partial charge >= 0.3 is 0 Å². The van der Waals surface area contributed by atoms with Crippen LogP contribution in [0.5, 0.6) is 0 Å². The maximum Gasteiger partial charge on any atom is 0.0222 e. The standard InChI is InChI=1S/C14H30N2/c1-7-15(6)14-9-12(4)8-13(5)16(10-14)11(2)3/h11-14H,7-10H2,1-6H3. The van der Waals surface area contributed by atoms with Crippen molar-refractivity contribution in [3.63, 3.8) is 0 Å². The number of nitrogens with zero attached hydrogens (tertiary/aromatic N) is 2. The number of likely N-dealkylation sites (N-methyl/N-ethyl adjacent to an activating group) is 1. The van der Waals surface area contributed by atoms with Gasteiger partial charge in [-0.1, -0.05) is 13.8 Å². The van der Waals surface area contributed by atoms with Crippen molar-refractivity contribution in [2.24, 2.45) is 5.92 Å². The van der Waals surface area contributed by atoms with Crippen LogP contribution < -0.4 is 0 Å². The maximum absolute atomic E-state index is 2.68. The normalized spacial score (nSPS) is 33.4. The van der Waals surface area contributed by atoms with Crippen LogP contribution in [0.3, 0.4) is 0 Å². The molecule has 1 aliphatic rings. The van der Waals surface area contributed by atoms with Crippen LogP contribution in [-0.2, 0) is 0 Å². The summed E-state index contributed by atoms with van der Waals surface area (Å²) in [5.41, 5.74) is 0. The second kappa shape index (κ2) is 6.02. The van der Waals surface area contributed by atoms with E-state index in [1.165, 1.54) is 19.4 Å². The van der Waals surface area contributed by atoms with E-state index in [9.17, 15) is 0 Å². The van der Waals surface area contributed by atoms with E-state index in [1.807, 2.05) is 0 Å². The first-order chi connectivity index (χ1) is 7.45. The molecule has 1 saturated heterocycles. The number of hydrogen-bond acceptors (Lipinski definition) is 2. The van der Waals surface area contributed by atoms with Crippen molar-refractivity contribution in [1.29, 1.82) is 0 Å². The van der Waals surface area contributed by atoms with Gasteiger partial charge in [0.25, 0.3) is 0 Å². The minimum Gasteiger partial charge on any atom is -0.302 e. The molecule has 0 aromatic rings. The molecule has 3 atom stereocenters. The Morgan fingerprint density at radius 1 is 1.25 bits per heavy atom. The Kier molecular flexibility index (Phi) is 5.26. The molecule has 0 bridgehead atoms. The van der Waals surface area contributed by atoms with Gasteiger partial charge in [-0.15, -0.1) is 0 Å². The minimum absolute atomic E-state index is 0.674. The molecule has 16 heavy (non-hydrogen) atoms. The zero-order valence-electron chi connectivity index (χ0n) is 12.0. The average Bonchev–Trinajstić information content (AvgIpc) is 2.35. The van der Waals surface area contributed by atoms with E-state index in [0.29, 0.717) is 6.04 Å². The Labute approximate surface area is 102 Å². The molecule has 0 spiro atoms. The summed E-state index contributed by atoms with van der Waals surface area (Å²) in [6.07, 6.45) is 2.71. The summed E-state index contributed by atoms with van der Waals surface area (Å²) in [6.45, 7) is 14.1. The average molecular weight is 226 g/mol. The summed E-state index contributed by atoms with van der Waals surface area (Å²) in [7, 11) is 2.27. The minimum atomic E-state index is 0.674. The van der Waals surface area contributed by atoms with E-state index in [-0.39, 0.29) is 0 Å². The molecule has 2 heteroatoms. The van der Waals surface area contributed by atoms with Gasteiger partial charge in [-0.05, 0) is 53.1 Å². The SMILES string of the molecule is CCN(C)C1CC(C)CC(C)N(C(C)C)C1. The van der Waals surface area contributed by atoms with Crippen molar-refractivity contribution in [1.82, 2.24) is 9.80 Å². The molecule has 0 saturated carbocycles. The summed E-state index contributed by atoms with van der Waals surface area (Å²) in [5, 5.41) is 0. The Bertz CT molecular complexity index is 203. The first-order valence-electron chi connectivity index (χ1n) is 6.91. The number of likely N-dealkylation sites (tertiary alicyclic amines) is 1. The van der Waals surface area contributed by atoms with Gasteiger partial charge in [-0.25, -0.2) is 0 Å². The van der Waals surface area contributed by atoms with Crippen LogP contribution in [0.25, 0.3) is 0 Å². The highest BCUT2D eigenvalue weighted by Gasteiger charge is 2.29. The van der Waals surface area contributed by atoms with Gasteiger partial charge in [0.2, 0.25) is 0 Å². The second-order valence-electron chi connectivity index (χ2n) is 5.94. The first kappa shape index (κ1) is 14.0. The molecule has 1 rings (SSSR count). The summed E-state index contributed by atoms with van der Waals surface area (Å²) in [5.74, 6) is 0.859. The lowest BCUT2D eigenvalue weighted by Gasteiger charge is -2.35. The third kappa shape index (κ3) is 3.46. The van der Waals surface area contributed by atoms with Crippen molar-refractivity contribution < 1.29 is 0 Å². The van der Waals surface area contributed by atoms with Crippen molar-refractivity contribution in [2.75, 3.05) is 20.1 Å². The lowest BCUT2D eigenvalue weighted by molar-refractivity contribution is 0.121. The van der Waals surface area contributed by atoms with Gasteiger partial charge in [0, 0.05) is 24.7 Å². The Morgan fingerprint density at radius 2 is 1.88 bits per heavy atom. The molecule has 0 radical (unpaired) electrons. The van der Waals surface area contributed by atoms with Crippen molar-refractivity contribution in [2.45, 2.75) is 65.6 Å². The molecule has 0 aromatic heterocycles. The predicted octanol–water partition coefficient (Wildman–Crippen LogP) is 2.84. The van der Waals surface area contributed by atoms with Crippen LogP contribution >= 0.6 is 0 Å². The van der Waals surface area contributed by atoms with Crippen molar-refractivity contribution in [3.8, 4) is 0 Å². The van der Waals surface area contributed by atoms with Crippen LogP contribution in [0.2, 0.25) is 0 Å². The molecular formula is C14H30N2. The molecule has 0 N–H and O–H groups in total. The lowest BCUT2D eigenvalue weighted by Crippen LogP contribution is -2.46. The van der Waals surface area contributed by atoms with Crippen LogP contribution in [0.4, 0.5) is 0 Å². The van der Waals surface area contributed by atoms with Crippen LogP contribution in [0, 0.1) is 5.92 Å². The summed E-state index contributed by atoms with van der Waals surface area (Å²) < 4.78 is 0. The molecule has 1 aliphatic heterocycles. The van der Waals surface area contributed by atoms with Crippen LogP contribution in [-0.4, -0.2) is 48.1 Å². The first-order valence-corrected chi connectivity index (χ1v) is 6.91. The molecule has 0 aliphatic carbocycles. The van der Waals surface area contributed by atoms with E-state index in [2.05, 4.69) is 51.5 Å². The fourth-order valence-corrected chi connectivity index (χ4v) is 3.07. The van der Waals surface area contributed by atoms with Crippen LogP contribution in [0.15, 0.2) is 0 Å². The monoisotopic (exact) mass is 226 g/mol.